The molecule has 9 nitrogen and oxygen atoms in total. The Morgan fingerprint density at radius 2 is 2.04 bits per heavy atom. The number of amides is 1. The van der Waals surface area contributed by atoms with Crippen LogP contribution in [0.3, 0.4) is 0 Å². The van der Waals surface area contributed by atoms with Crippen molar-refractivity contribution in [3.63, 3.8) is 0 Å². The molecule has 3 heterocycles. The number of nitrogens with one attached hydrogen (secondary N) is 1. The third kappa shape index (κ3) is 3.65. The summed E-state index contributed by atoms with van der Waals surface area (Å²) >= 11 is 5.81. The average molecular weight is 422 g/mol. The van der Waals surface area contributed by atoms with Gasteiger partial charge < -0.3 is 5.32 Å². The molecule has 0 unspecified atom stereocenters. The summed E-state index contributed by atoms with van der Waals surface area (Å²) in [5.74, 6) is -0.307. The summed E-state index contributed by atoms with van der Waals surface area (Å²) in [4.78, 5) is 29.1. The van der Waals surface area contributed by atoms with Crippen molar-refractivity contribution >= 4 is 44.1 Å². The summed E-state index contributed by atoms with van der Waals surface area (Å²) in [6, 6.07) is 6.27. The second kappa shape index (κ2) is 7.02. The Morgan fingerprint density at radius 1 is 1.29 bits per heavy atom. The van der Waals surface area contributed by atoms with Crippen molar-refractivity contribution in [1.29, 1.82) is 0 Å². The fourth-order valence-corrected chi connectivity index (χ4v) is 5.02. The third-order valence-electron chi connectivity index (χ3n) is 4.58. The molecule has 146 valence electrons. The van der Waals surface area contributed by atoms with Crippen LogP contribution in [0.25, 0.3) is 11.0 Å². The van der Waals surface area contributed by atoms with E-state index in [1.165, 1.54) is 21.8 Å². The van der Waals surface area contributed by atoms with E-state index in [0.29, 0.717) is 22.8 Å². The van der Waals surface area contributed by atoms with E-state index in [-0.39, 0.29) is 35.4 Å². The van der Waals surface area contributed by atoms with Crippen LogP contribution in [0.5, 0.6) is 0 Å². The highest BCUT2D eigenvalue weighted by atomic mass is 35.5. The number of carbonyl (C=O) groups excluding carboxylic acids is 1. The number of anilines is 1. The Labute approximate surface area is 164 Å². The number of benzene rings is 1. The van der Waals surface area contributed by atoms with Crippen LogP contribution in [0.2, 0.25) is 5.02 Å². The van der Waals surface area contributed by atoms with Crippen LogP contribution < -0.4 is 10.9 Å². The molecule has 0 spiro atoms. The summed E-state index contributed by atoms with van der Waals surface area (Å²) in [5, 5.41) is 7.64. The van der Waals surface area contributed by atoms with Crippen molar-refractivity contribution in [2.75, 3.05) is 16.8 Å². The fraction of sp³-hybridized carbons (Fsp3) is 0.294. The third-order valence-corrected chi connectivity index (χ3v) is 6.58. The van der Waals surface area contributed by atoms with Crippen LogP contribution in [-0.2, 0) is 21.2 Å². The lowest BCUT2D eigenvalue weighted by Gasteiger charge is -2.10. The van der Waals surface area contributed by atoms with Gasteiger partial charge in [-0.3, -0.25) is 14.2 Å². The normalized spacial score (nSPS) is 18.4. The molecule has 0 radical (unpaired) electrons. The zero-order chi connectivity index (χ0) is 19.9. The number of halogens is 1. The molecule has 28 heavy (non-hydrogen) atoms. The van der Waals surface area contributed by atoms with Gasteiger partial charge in [-0.1, -0.05) is 11.6 Å². The van der Waals surface area contributed by atoms with Crippen molar-refractivity contribution in [3.8, 4) is 0 Å². The number of hydrogen-bond acceptors (Lipinski definition) is 6. The van der Waals surface area contributed by atoms with Crippen LogP contribution >= 0.6 is 11.6 Å². The number of aromatic nitrogens is 4. The maximum atomic E-state index is 12.7. The van der Waals surface area contributed by atoms with Gasteiger partial charge in [0.05, 0.1) is 23.7 Å². The molecule has 1 aromatic carbocycles. The predicted molar refractivity (Wildman–Crippen MR) is 104 cm³/mol. The lowest BCUT2D eigenvalue weighted by molar-refractivity contribution is -0.116. The quantitative estimate of drug-likeness (QED) is 0.677. The highest BCUT2D eigenvalue weighted by Gasteiger charge is 2.31. The summed E-state index contributed by atoms with van der Waals surface area (Å²) in [6.07, 6.45) is 3.07. The monoisotopic (exact) mass is 421 g/mol. The summed E-state index contributed by atoms with van der Waals surface area (Å²) in [5.41, 5.74) is 0.469. The number of nitrogens with zero attached hydrogens (tertiary/aromatic N) is 4. The Morgan fingerprint density at radius 3 is 2.71 bits per heavy atom. The van der Waals surface area contributed by atoms with Crippen molar-refractivity contribution in [2.24, 2.45) is 0 Å². The molecular formula is C17H16ClN5O4S. The number of sulfone groups is 1. The maximum Gasteiger partial charge on any atom is 0.264 e. The van der Waals surface area contributed by atoms with Crippen molar-refractivity contribution < 1.29 is 13.2 Å². The van der Waals surface area contributed by atoms with E-state index in [1.54, 1.807) is 24.3 Å². The lowest BCUT2D eigenvalue weighted by atomic mass is 10.3. The van der Waals surface area contributed by atoms with Crippen molar-refractivity contribution in [3.05, 3.63) is 52.2 Å². The van der Waals surface area contributed by atoms with Gasteiger partial charge in [-0.2, -0.15) is 5.10 Å². The van der Waals surface area contributed by atoms with Gasteiger partial charge in [0.15, 0.2) is 15.5 Å². The Balaban J connectivity index is 1.56. The molecule has 1 fully saturated rings. The average Bonchev–Trinajstić information content (AvgIpc) is 3.22. The van der Waals surface area contributed by atoms with E-state index < -0.39 is 15.4 Å². The molecule has 2 aromatic heterocycles. The molecule has 1 aliphatic heterocycles. The van der Waals surface area contributed by atoms with E-state index >= 15 is 0 Å². The number of hydrogen-bond donors (Lipinski definition) is 1. The highest BCUT2D eigenvalue weighted by molar-refractivity contribution is 7.91. The van der Waals surface area contributed by atoms with Crippen LogP contribution in [0.1, 0.15) is 12.5 Å². The van der Waals surface area contributed by atoms with Gasteiger partial charge in [-0.15, -0.1) is 0 Å². The molecule has 1 atom stereocenters. The van der Waals surface area contributed by atoms with Crippen LogP contribution in [0.15, 0.2) is 41.6 Å². The first-order chi connectivity index (χ1) is 13.3. The van der Waals surface area contributed by atoms with E-state index in [0.717, 1.165) is 0 Å². The number of carbonyl (C=O) groups is 1. The minimum Gasteiger partial charge on any atom is -0.325 e. The molecule has 4 rings (SSSR count). The lowest BCUT2D eigenvalue weighted by Crippen LogP contribution is -2.28. The molecule has 0 saturated carbocycles. The van der Waals surface area contributed by atoms with Gasteiger partial charge in [0, 0.05) is 10.7 Å². The van der Waals surface area contributed by atoms with Gasteiger partial charge in [-0.05, 0) is 30.7 Å². The first-order valence-electron chi connectivity index (χ1n) is 8.51. The first kappa shape index (κ1) is 18.6. The van der Waals surface area contributed by atoms with E-state index in [9.17, 15) is 18.0 Å². The molecule has 1 saturated heterocycles. The number of fused-ring (bicyclic) bond motifs is 1. The predicted octanol–water partition coefficient (Wildman–Crippen LogP) is 1.24. The van der Waals surface area contributed by atoms with Crippen LogP contribution in [0, 0.1) is 0 Å². The number of rotatable bonds is 4. The molecule has 0 bridgehead atoms. The fourth-order valence-electron chi connectivity index (χ4n) is 3.20. The summed E-state index contributed by atoms with van der Waals surface area (Å²) in [6.45, 7) is -0.215. The standard InChI is InChI=1S/C17H16ClN5O4S/c18-11-1-3-12(4-2-11)21-15(24)8-22-10-19-16-14(17(22)25)7-20-23(16)13-5-6-28(26,27)9-13/h1-4,7,10,13H,5-6,8-9H2,(H,21,24)/t13-/m1/s1. The van der Waals surface area contributed by atoms with Crippen molar-refractivity contribution in [1.82, 2.24) is 19.3 Å². The molecule has 1 amide bonds. The molecular weight excluding hydrogens is 406 g/mol. The van der Waals surface area contributed by atoms with Crippen LogP contribution in [-0.4, -0.2) is 45.2 Å². The van der Waals surface area contributed by atoms with E-state index in [2.05, 4.69) is 15.4 Å². The summed E-state index contributed by atoms with van der Waals surface area (Å²) < 4.78 is 26.1. The summed E-state index contributed by atoms with van der Waals surface area (Å²) in [7, 11) is -3.09. The molecule has 3 aromatic rings. The highest BCUT2D eigenvalue weighted by Crippen LogP contribution is 2.25. The minimum absolute atomic E-state index is 0.0158. The maximum absolute atomic E-state index is 12.7. The minimum atomic E-state index is -3.09. The van der Waals surface area contributed by atoms with Crippen molar-refractivity contribution in [2.45, 2.75) is 19.0 Å². The second-order valence-corrected chi connectivity index (χ2v) is 9.28. The Hall–Kier alpha value is -2.72. The first-order valence-corrected chi connectivity index (χ1v) is 10.7. The van der Waals surface area contributed by atoms with Gasteiger partial charge in [0.2, 0.25) is 5.91 Å². The molecule has 1 N–H and O–H groups in total. The topological polar surface area (TPSA) is 116 Å². The second-order valence-electron chi connectivity index (χ2n) is 6.62. The van der Waals surface area contributed by atoms with E-state index in [1.807, 2.05) is 0 Å². The van der Waals surface area contributed by atoms with E-state index in [4.69, 9.17) is 11.6 Å². The SMILES string of the molecule is O=C(Cn1cnc2c(cnn2[C@@H]2CCS(=O)(=O)C2)c1=O)Nc1ccc(Cl)cc1. The Bertz CT molecular complexity index is 1220. The smallest absolute Gasteiger partial charge is 0.264 e. The largest absolute Gasteiger partial charge is 0.325 e. The van der Waals surface area contributed by atoms with Gasteiger partial charge in [0.25, 0.3) is 5.56 Å². The van der Waals surface area contributed by atoms with Gasteiger partial charge in [0.1, 0.15) is 18.3 Å². The van der Waals surface area contributed by atoms with Crippen LogP contribution in [0.4, 0.5) is 5.69 Å². The van der Waals surface area contributed by atoms with Gasteiger partial charge in [-0.25, -0.2) is 18.1 Å². The molecule has 1 aliphatic rings. The zero-order valence-electron chi connectivity index (χ0n) is 14.6. The molecule has 11 heteroatoms. The zero-order valence-corrected chi connectivity index (χ0v) is 16.2. The molecule has 0 aliphatic carbocycles. The van der Waals surface area contributed by atoms with Gasteiger partial charge >= 0.3 is 0 Å². The Kier molecular flexibility index (Phi) is 4.68.